The molecular weight excluding hydrogens is 401 g/mol. The van der Waals surface area contributed by atoms with Gasteiger partial charge in [-0.25, -0.2) is 17.9 Å². The van der Waals surface area contributed by atoms with Crippen LogP contribution in [-0.4, -0.2) is 65.7 Å². The van der Waals surface area contributed by atoms with Gasteiger partial charge in [-0.05, 0) is 24.6 Å². The lowest BCUT2D eigenvalue weighted by Crippen LogP contribution is -2.44. The molecule has 10 heteroatoms. The third-order valence-corrected chi connectivity index (χ3v) is 5.29. The predicted molar refractivity (Wildman–Crippen MR) is 107 cm³/mol. The van der Waals surface area contributed by atoms with Gasteiger partial charge in [0.05, 0.1) is 18.4 Å². The van der Waals surface area contributed by atoms with E-state index in [1.54, 1.807) is 24.3 Å². The van der Waals surface area contributed by atoms with E-state index < -0.39 is 16.0 Å². The number of sulfonamides is 1. The Labute approximate surface area is 167 Å². The van der Waals surface area contributed by atoms with Crippen molar-refractivity contribution in [2.75, 3.05) is 46.4 Å². The molecule has 0 spiro atoms. The minimum Gasteiger partial charge on any atom is -0.465 e. The van der Waals surface area contributed by atoms with Crippen molar-refractivity contribution in [3.63, 3.8) is 0 Å². The fourth-order valence-corrected chi connectivity index (χ4v) is 3.89. The SMILES string of the molecule is COC(=O)c1ccccc1CS(=O)(=O)NCCCN1CCNCC1.Cl.Cl. The third-order valence-electron chi connectivity index (χ3n) is 3.95. The summed E-state index contributed by atoms with van der Waals surface area (Å²) in [5.41, 5.74) is 0.727. The summed E-state index contributed by atoms with van der Waals surface area (Å²) in [7, 11) is -2.21. The second-order valence-corrected chi connectivity index (χ2v) is 7.55. The predicted octanol–water partition coefficient (Wildman–Crippen LogP) is 1.03. The standard InChI is InChI=1S/C16H25N3O4S.2ClH/c1-23-16(20)15-6-3-2-5-14(15)13-24(21,22)18-7-4-10-19-11-8-17-9-12-19;;/h2-3,5-6,17-18H,4,7-13H2,1H3;2*1H. The first-order valence-electron chi connectivity index (χ1n) is 8.08. The average Bonchev–Trinajstić information content (AvgIpc) is 2.59. The van der Waals surface area contributed by atoms with Crippen molar-refractivity contribution < 1.29 is 17.9 Å². The molecule has 2 rings (SSSR count). The Morgan fingerprint density at radius 2 is 1.88 bits per heavy atom. The van der Waals surface area contributed by atoms with Crippen LogP contribution in [0.25, 0.3) is 0 Å². The highest BCUT2D eigenvalue weighted by molar-refractivity contribution is 7.88. The van der Waals surface area contributed by atoms with Crippen molar-refractivity contribution in [1.82, 2.24) is 14.9 Å². The average molecular weight is 428 g/mol. The molecule has 150 valence electrons. The smallest absolute Gasteiger partial charge is 0.338 e. The molecule has 26 heavy (non-hydrogen) atoms. The van der Waals surface area contributed by atoms with E-state index in [0.29, 0.717) is 12.1 Å². The molecular formula is C16H27Cl2N3O4S. The van der Waals surface area contributed by atoms with Crippen LogP contribution in [0, 0.1) is 0 Å². The molecule has 1 aliphatic heterocycles. The molecule has 1 fully saturated rings. The van der Waals surface area contributed by atoms with Gasteiger partial charge in [0.2, 0.25) is 10.0 Å². The molecule has 0 atom stereocenters. The highest BCUT2D eigenvalue weighted by Gasteiger charge is 2.18. The van der Waals surface area contributed by atoms with Crippen LogP contribution in [0.2, 0.25) is 0 Å². The van der Waals surface area contributed by atoms with E-state index in [-0.39, 0.29) is 36.1 Å². The monoisotopic (exact) mass is 427 g/mol. The summed E-state index contributed by atoms with van der Waals surface area (Å²) < 4.78 is 31.8. The van der Waals surface area contributed by atoms with Crippen molar-refractivity contribution in [3.05, 3.63) is 35.4 Å². The van der Waals surface area contributed by atoms with E-state index in [4.69, 9.17) is 4.74 Å². The first-order chi connectivity index (χ1) is 11.5. The third kappa shape index (κ3) is 8.20. The number of rotatable bonds is 8. The maximum Gasteiger partial charge on any atom is 0.338 e. The largest absolute Gasteiger partial charge is 0.465 e. The van der Waals surface area contributed by atoms with Crippen LogP contribution >= 0.6 is 24.8 Å². The quantitative estimate of drug-likeness (QED) is 0.475. The van der Waals surface area contributed by atoms with Crippen LogP contribution in [0.15, 0.2) is 24.3 Å². The molecule has 1 aromatic rings. The minimum atomic E-state index is -3.49. The van der Waals surface area contributed by atoms with Crippen LogP contribution in [0.1, 0.15) is 22.3 Å². The fourth-order valence-electron chi connectivity index (χ4n) is 2.68. The zero-order valence-electron chi connectivity index (χ0n) is 14.8. The maximum absolute atomic E-state index is 12.2. The number of piperazine rings is 1. The molecule has 0 saturated carbocycles. The van der Waals surface area contributed by atoms with Crippen molar-refractivity contribution in [3.8, 4) is 0 Å². The highest BCUT2D eigenvalue weighted by atomic mass is 35.5. The van der Waals surface area contributed by atoms with Gasteiger partial charge in [0.15, 0.2) is 0 Å². The van der Waals surface area contributed by atoms with Gasteiger partial charge >= 0.3 is 5.97 Å². The van der Waals surface area contributed by atoms with Gasteiger partial charge in [-0.3, -0.25) is 0 Å². The van der Waals surface area contributed by atoms with E-state index in [0.717, 1.165) is 39.1 Å². The van der Waals surface area contributed by atoms with Gasteiger partial charge in [0.1, 0.15) is 0 Å². The molecule has 1 saturated heterocycles. The van der Waals surface area contributed by atoms with Gasteiger partial charge in [0.25, 0.3) is 0 Å². The summed E-state index contributed by atoms with van der Waals surface area (Å²) in [5, 5.41) is 3.28. The molecule has 7 nitrogen and oxygen atoms in total. The summed E-state index contributed by atoms with van der Waals surface area (Å²) in [5.74, 6) is -0.758. The summed E-state index contributed by atoms with van der Waals surface area (Å²) in [6, 6.07) is 6.60. The number of carbonyl (C=O) groups excluding carboxylic acids is 1. The van der Waals surface area contributed by atoms with Gasteiger partial charge < -0.3 is 15.0 Å². The molecule has 1 aliphatic rings. The highest BCUT2D eigenvalue weighted by Crippen LogP contribution is 2.13. The number of methoxy groups -OCH3 is 1. The lowest BCUT2D eigenvalue weighted by molar-refractivity contribution is 0.0600. The zero-order chi connectivity index (χ0) is 17.4. The Hall–Kier alpha value is -0.900. The topological polar surface area (TPSA) is 87.7 Å². The first-order valence-corrected chi connectivity index (χ1v) is 9.74. The van der Waals surface area contributed by atoms with Gasteiger partial charge in [-0.15, -0.1) is 24.8 Å². The van der Waals surface area contributed by atoms with E-state index in [1.165, 1.54) is 7.11 Å². The van der Waals surface area contributed by atoms with Crippen LogP contribution in [-0.2, 0) is 20.5 Å². The van der Waals surface area contributed by atoms with Gasteiger partial charge in [0, 0.05) is 32.7 Å². The van der Waals surface area contributed by atoms with E-state index in [9.17, 15) is 13.2 Å². The summed E-state index contributed by atoms with van der Waals surface area (Å²) in [6.07, 6.45) is 0.762. The van der Waals surface area contributed by atoms with E-state index in [2.05, 4.69) is 14.9 Å². The molecule has 0 aliphatic carbocycles. The first kappa shape index (κ1) is 25.1. The van der Waals surface area contributed by atoms with Crippen LogP contribution in [0.4, 0.5) is 0 Å². The Morgan fingerprint density at radius 3 is 2.54 bits per heavy atom. The number of esters is 1. The van der Waals surface area contributed by atoms with Crippen molar-refractivity contribution >= 4 is 40.8 Å². The number of hydrogen-bond acceptors (Lipinski definition) is 6. The molecule has 2 N–H and O–H groups in total. The van der Waals surface area contributed by atoms with Crippen LogP contribution < -0.4 is 10.0 Å². The summed E-state index contributed by atoms with van der Waals surface area (Å²) in [6.45, 7) is 5.24. The molecule has 0 aromatic heterocycles. The second kappa shape index (κ2) is 12.5. The van der Waals surface area contributed by atoms with E-state index >= 15 is 0 Å². The number of halogens is 2. The Bertz CT molecular complexity index is 653. The molecule has 1 heterocycles. The lowest BCUT2D eigenvalue weighted by Gasteiger charge is -2.27. The molecule has 0 amide bonds. The summed E-state index contributed by atoms with van der Waals surface area (Å²) in [4.78, 5) is 14.0. The molecule has 0 bridgehead atoms. The normalized spacial score (nSPS) is 14.8. The fraction of sp³-hybridized carbons (Fsp3) is 0.562. The number of benzene rings is 1. The Balaban J connectivity index is 0.00000312. The number of ether oxygens (including phenoxy) is 1. The number of nitrogens with zero attached hydrogens (tertiary/aromatic N) is 1. The van der Waals surface area contributed by atoms with Crippen molar-refractivity contribution in [2.24, 2.45) is 0 Å². The molecule has 1 aromatic carbocycles. The van der Waals surface area contributed by atoms with Gasteiger partial charge in [-0.1, -0.05) is 18.2 Å². The summed E-state index contributed by atoms with van der Waals surface area (Å²) >= 11 is 0. The van der Waals surface area contributed by atoms with Crippen LogP contribution in [0.5, 0.6) is 0 Å². The Kier molecular flexibility index (Phi) is 12.0. The van der Waals surface area contributed by atoms with Crippen LogP contribution in [0.3, 0.4) is 0 Å². The van der Waals surface area contributed by atoms with E-state index in [1.807, 2.05) is 0 Å². The second-order valence-electron chi connectivity index (χ2n) is 5.75. The number of hydrogen-bond donors (Lipinski definition) is 2. The molecule has 0 radical (unpaired) electrons. The number of carbonyl (C=O) groups is 1. The Morgan fingerprint density at radius 1 is 1.23 bits per heavy atom. The minimum absolute atomic E-state index is 0. The van der Waals surface area contributed by atoms with Crippen molar-refractivity contribution in [2.45, 2.75) is 12.2 Å². The number of nitrogens with one attached hydrogen (secondary N) is 2. The van der Waals surface area contributed by atoms with Crippen molar-refractivity contribution in [1.29, 1.82) is 0 Å². The maximum atomic E-state index is 12.2. The molecule has 0 unspecified atom stereocenters. The van der Waals surface area contributed by atoms with Gasteiger partial charge in [-0.2, -0.15) is 0 Å². The lowest BCUT2D eigenvalue weighted by atomic mass is 10.1. The zero-order valence-corrected chi connectivity index (χ0v) is 17.2.